The zero-order valence-electron chi connectivity index (χ0n) is 16.4. The minimum absolute atomic E-state index is 0.116. The lowest BCUT2D eigenvalue weighted by atomic mass is 9.84. The summed E-state index contributed by atoms with van der Waals surface area (Å²) in [4.78, 5) is 0. The number of benzene rings is 2. The molecule has 0 unspecified atom stereocenters. The van der Waals surface area contributed by atoms with Gasteiger partial charge in [0, 0.05) is 5.92 Å². The second-order valence-corrected chi connectivity index (χ2v) is 7.31. The van der Waals surface area contributed by atoms with Crippen molar-refractivity contribution in [3.05, 3.63) is 107 Å². The highest BCUT2D eigenvalue weighted by atomic mass is 19.1. The Labute approximate surface area is 161 Å². The maximum atomic E-state index is 14.3. The van der Waals surface area contributed by atoms with Crippen LogP contribution in [0.4, 0.5) is 8.78 Å². The predicted octanol–water partition coefficient (Wildman–Crippen LogP) is 7.34. The molecule has 0 fully saturated rings. The SMILES string of the molecule is C=C(/C=C\C(F)=C/C)[C@H](Cc1ccccc1)c1cc(F)cc(CC(C)C)c1. The molecule has 27 heavy (non-hydrogen) atoms. The molecular formula is C25H28F2. The Morgan fingerprint density at radius 3 is 2.33 bits per heavy atom. The van der Waals surface area contributed by atoms with Gasteiger partial charge in [0.25, 0.3) is 0 Å². The first-order chi connectivity index (χ1) is 12.9. The zero-order valence-corrected chi connectivity index (χ0v) is 16.4. The van der Waals surface area contributed by atoms with E-state index in [1.807, 2.05) is 30.3 Å². The molecule has 0 aromatic heterocycles. The Morgan fingerprint density at radius 1 is 1.00 bits per heavy atom. The van der Waals surface area contributed by atoms with Crippen LogP contribution in [0.5, 0.6) is 0 Å². The Balaban J connectivity index is 2.40. The van der Waals surface area contributed by atoms with Crippen LogP contribution in [0.25, 0.3) is 0 Å². The van der Waals surface area contributed by atoms with Gasteiger partial charge in [-0.05, 0) is 66.2 Å². The molecule has 0 saturated carbocycles. The minimum Gasteiger partial charge on any atom is -0.207 e. The summed E-state index contributed by atoms with van der Waals surface area (Å²) in [7, 11) is 0. The van der Waals surface area contributed by atoms with Crippen molar-refractivity contribution in [3.63, 3.8) is 0 Å². The van der Waals surface area contributed by atoms with Crippen LogP contribution in [0.15, 0.2) is 84.7 Å². The normalized spacial score (nSPS) is 13.3. The summed E-state index contributed by atoms with van der Waals surface area (Å²) in [6.07, 6.45) is 6.01. The summed E-state index contributed by atoms with van der Waals surface area (Å²) in [6.45, 7) is 10.0. The van der Waals surface area contributed by atoms with E-state index in [1.54, 1.807) is 25.1 Å². The second-order valence-electron chi connectivity index (χ2n) is 7.31. The molecule has 0 aliphatic rings. The first kappa shape index (κ1) is 20.8. The summed E-state index contributed by atoms with van der Waals surface area (Å²) in [5.74, 6) is -0.221. The fourth-order valence-electron chi connectivity index (χ4n) is 3.18. The van der Waals surface area contributed by atoms with E-state index >= 15 is 0 Å². The molecule has 0 radical (unpaired) electrons. The number of hydrogen-bond donors (Lipinski definition) is 0. The summed E-state index contributed by atoms with van der Waals surface area (Å²) >= 11 is 0. The smallest absolute Gasteiger partial charge is 0.123 e. The topological polar surface area (TPSA) is 0 Å². The molecule has 0 amide bonds. The number of hydrogen-bond acceptors (Lipinski definition) is 0. The third-order valence-corrected chi connectivity index (χ3v) is 4.49. The van der Waals surface area contributed by atoms with Crippen LogP contribution in [-0.4, -0.2) is 0 Å². The molecule has 0 nitrogen and oxygen atoms in total. The van der Waals surface area contributed by atoms with Crippen molar-refractivity contribution in [1.29, 1.82) is 0 Å². The molecule has 0 spiro atoms. The van der Waals surface area contributed by atoms with Crippen LogP contribution < -0.4 is 0 Å². The van der Waals surface area contributed by atoms with Crippen molar-refractivity contribution in [2.75, 3.05) is 0 Å². The van der Waals surface area contributed by atoms with Gasteiger partial charge in [0.15, 0.2) is 0 Å². The first-order valence-electron chi connectivity index (χ1n) is 9.41. The van der Waals surface area contributed by atoms with Gasteiger partial charge in [-0.1, -0.05) is 69.0 Å². The molecule has 0 heterocycles. The van der Waals surface area contributed by atoms with Gasteiger partial charge >= 0.3 is 0 Å². The highest BCUT2D eigenvalue weighted by Crippen LogP contribution is 2.30. The summed E-state index contributed by atoms with van der Waals surface area (Å²) < 4.78 is 27.8. The molecule has 1 atom stereocenters. The number of allylic oxidation sites excluding steroid dienone is 5. The van der Waals surface area contributed by atoms with Gasteiger partial charge in [-0.25, -0.2) is 8.78 Å². The van der Waals surface area contributed by atoms with Gasteiger partial charge in [0.1, 0.15) is 11.6 Å². The van der Waals surface area contributed by atoms with E-state index in [-0.39, 0.29) is 17.6 Å². The number of rotatable bonds is 8. The molecule has 142 valence electrons. The average Bonchev–Trinajstić information content (AvgIpc) is 2.63. The monoisotopic (exact) mass is 366 g/mol. The highest BCUT2D eigenvalue weighted by molar-refractivity contribution is 5.39. The number of halogens is 2. The Morgan fingerprint density at radius 2 is 1.70 bits per heavy atom. The predicted molar refractivity (Wildman–Crippen MR) is 111 cm³/mol. The van der Waals surface area contributed by atoms with Crippen LogP contribution in [0.2, 0.25) is 0 Å². The van der Waals surface area contributed by atoms with Gasteiger partial charge in [-0.15, -0.1) is 0 Å². The van der Waals surface area contributed by atoms with Crippen molar-refractivity contribution in [1.82, 2.24) is 0 Å². The van der Waals surface area contributed by atoms with Crippen molar-refractivity contribution >= 4 is 0 Å². The molecule has 2 heteroatoms. The third kappa shape index (κ3) is 6.63. The maximum Gasteiger partial charge on any atom is 0.123 e. The molecule has 0 aliphatic heterocycles. The standard InChI is InChI=1S/C25H28F2/c1-5-23(26)12-11-19(4)25(16-20-9-7-6-8-10-20)22-14-21(13-18(2)3)15-24(27)17-22/h5-12,14-15,17-18,25H,4,13,16H2,1-3H3/b12-11-,23-5+/t25-/m0/s1. The largest absolute Gasteiger partial charge is 0.207 e. The van der Waals surface area contributed by atoms with E-state index in [1.165, 1.54) is 12.2 Å². The van der Waals surface area contributed by atoms with Crippen molar-refractivity contribution in [3.8, 4) is 0 Å². The lowest BCUT2D eigenvalue weighted by molar-refractivity contribution is 0.607. The van der Waals surface area contributed by atoms with Crippen LogP contribution in [0.1, 0.15) is 43.4 Å². The van der Waals surface area contributed by atoms with Crippen LogP contribution in [0.3, 0.4) is 0 Å². The summed E-state index contributed by atoms with van der Waals surface area (Å²) in [6, 6.07) is 15.3. The minimum atomic E-state index is -0.311. The molecule has 0 aliphatic carbocycles. The Hall–Kier alpha value is -2.48. The Bertz CT molecular complexity index is 813. The summed E-state index contributed by atoms with van der Waals surface area (Å²) in [5, 5.41) is 0. The first-order valence-corrected chi connectivity index (χ1v) is 9.41. The third-order valence-electron chi connectivity index (χ3n) is 4.49. The molecule has 0 bridgehead atoms. The van der Waals surface area contributed by atoms with Crippen molar-refractivity contribution in [2.24, 2.45) is 5.92 Å². The van der Waals surface area contributed by atoms with Gasteiger partial charge in [-0.3, -0.25) is 0 Å². The molecular weight excluding hydrogens is 338 g/mol. The van der Waals surface area contributed by atoms with Gasteiger partial charge < -0.3 is 0 Å². The molecule has 0 saturated heterocycles. The van der Waals surface area contributed by atoms with Crippen LogP contribution >= 0.6 is 0 Å². The summed E-state index contributed by atoms with van der Waals surface area (Å²) in [5.41, 5.74) is 3.76. The van der Waals surface area contributed by atoms with E-state index in [0.717, 1.165) is 28.7 Å². The molecule has 2 aromatic rings. The maximum absolute atomic E-state index is 14.3. The fourth-order valence-corrected chi connectivity index (χ4v) is 3.18. The van der Waals surface area contributed by atoms with E-state index in [2.05, 4.69) is 26.5 Å². The average molecular weight is 366 g/mol. The molecule has 0 N–H and O–H groups in total. The van der Waals surface area contributed by atoms with Crippen molar-refractivity contribution in [2.45, 2.75) is 39.5 Å². The lowest BCUT2D eigenvalue weighted by Crippen LogP contribution is -2.07. The lowest BCUT2D eigenvalue weighted by Gasteiger charge is -2.20. The Kier molecular flexibility index (Phi) is 7.72. The van der Waals surface area contributed by atoms with E-state index < -0.39 is 0 Å². The van der Waals surface area contributed by atoms with Crippen molar-refractivity contribution < 1.29 is 8.78 Å². The van der Waals surface area contributed by atoms with Gasteiger partial charge in [0.2, 0.25) is 0 Å². The zero-order chi connectivity index (χ0) is 19.8. The molecule has 2 rings (SSSR count). The van der Waals surface area contributed by atoms with Crippen LogP contribution in [0, 0.1) is 11.7 Å². The van der Waals surface area contributed by atoms with E-state index in [4.69, 9.17) is 0 Å². The van der Waals surface area contributed by atoms with Crippen LogP contribution in [-0.2, 0) is 12.8 Å². The fraction of sp³-hybridized carbons (Fsp3) is 0.280. The highest BCUT2D eigenvalue weighted by Gasteiger charge is 2.17. The van der Waals surface area contributed by atoms with Gasteiger partial charge in [-0.2, -0.15) is 0 Å². The van der Waals surface area contributed by atoms with E-state index in [0.29, 0.717) is 12.3 Å². The second kappa shape index (κ2) is 10.0. The quantitative estimate of drug-likeness (QED) is 0.429. The van der Waals surface area contributed by atoms with E-state index in [9.17, 15) is 8.78 Å². The van der Waals surface area contributed by atoms with Gasteiger partial charge in [0.05, 0.1) is 0 Å². The molecule has 2 aromatic carbocycles.